The van der Waals surface area contributed by atoms with Crippen molar-refractivity contribution in [2.45, 2.75) is 24.1 Å². The second kappa shape index (κ2) is 8.55. The third kappa shape index (κ3) is 3.94. The fraction of sp³-hybridized carbons (Fsp3) is 0.412. The minimum Gasteiger partial charge on any atom is -0.324 e. The lowest BCUT2D eigenvalue weighted by molar-refractivity contribution is -0.126. The van der Waals surface area contributed by atoms with Crippen LogP contribution >= 0.6 is 24.2 Å². The van der Waals surface area contributed by atoms with Gasteiger partial charge in [0.1, 0.15) is 5.54 Å². The lowest BCUT2D eigenvalue weighted by Crippen LogP contribution is -2.52. The Balaban J connectivity index is 0.00000208. The van der Waals surface area contributed by atoms with Gasteiger partial charge >= 0.3 is 0 Å². The summed E-state index contributed by atoms with van der Waals surface area (Å²) in [5.41, 5.74) is 1.50. The zero-order valence-electron chi connectivity index (χ0n) is 13.7. The van der Waals surface area contributed by atoms with E-state index >= 15 is 0 Å². The van der Waals surface area contributed by atoms with Crippen molar-refractivity contribution in [1.82, 2.24) is 15.1 Å². The number of halogens is 1. The zero-order valence-corrected chi connectivity index (χ0v) is 15.3. The minimum absolute atomic E-state index is 0. The molecule has 0 radical (unpaired) electrons. The molecule has 0 aliphatic carbocycles. The molecule has 1 aliphatic heterocycles. The van der Waals surface area contributed by atoms with Crippen LogP contribution in [0.25, 0.3) is 0 Å². The number of aromatic nitrogens is 2. The van der Waals surface area contributed by atoms with E-state index in [9.17, 15) is 4.79 Å². The first kappa shape index (κ1) is 18.8. The van der Waals surface area contributed by atoms with Crippen molar-refractivity contribution < 1.29 is 4.79 Å². The summed E-state index contributed by atoms with van der Waals surface area (Å²) in [5.74, 6) is 0.997. The van der Waals surface area contributed by atoms with E-state index in [4.69, 9.17) is 0 Å². The molecule has 130 valence electrons. The van der Waals surface area contributed by atoms with Gasteiger partial charge < -0.3 is 10.6 Å². The molecule has 0 spiro atoms. The standard InChI is InChI=1S/C17H22N4OS.ClH/c1-23-13-14-3-5-15(6-4-14)20-16(22)17(7-10-18-11-8-17)21-12-2-9-19-21;/h2-6,9,12,18H,7-8,10-11,13H2,1H3,(H,20,22);1H. The Kier molecular flexibility index (Phi) is 6.71. The molecule has 2 N–H and O–H groups in total. The van der Waals surface area contributed by atoms with Crippen LogP contribution in [0.15, 0.2) is 42.7 Å². The summed E-state index contributed by atoms with van der Waals surface area (Å²) in [6.45, 7) is 1.64. The van der Waals surface area contributed by atoms with Gasteiger partial charge in [-0.1, -0.05) is 12.1 Å². The van der Waals surface area contributed by atoms with Gasteiger partial charge in [-0.3, -0.25) is 9.48 Å². The van der Waals surface area contributed by atoms with Crippen molar-refractivity contribution in [3.63, 3.8) is 0 Å². The number of nitrogens with one attached hydrogen (secondary N) is 2. The van der Waals surface area contributed by atoms with Crippen LogP contribution in [0.1, 0.15) is 18.4 Å². The Morgan fingerprint density at radius 1 is 1.33 bits per heavy atom. The smallest absolute Gasteiger partial charge is 0.252 e. The van der Waals surface area contributed by atoms with Crippen molar-refractivity contribution in [2.24, 2.45) is 0 Å². The molecule has 1 aromatic heterocycles. The third-order valence-corrected chi connectivity index (χ3v) is 4.94. The fourth-order valence-electron chi connectivity index (χ4n) is 3.02. The number of anilines is 1. The highest BCUT2D eigenvalue weighted by Crippen LogP contribution is 2.28. The van der Waals surface area contributed by atoms with E-state index in [2.05, 4.69) is 34.1 Å². The van der Waals surface area contributed by atoms with Gasteiger partial charge in [-0.15, -0.1) is 12.4 Å². The predicted molar refractivity (Wildman–Crippen MR) is 102 cm³/mol. The monoisotopic (exact) mass is 366 g/mol. The molecule has 2 aromatic rings. The normalized spacial score (nSPS) is 16.2. The average Bonchev–Trinajstić information content (AvgIpc) is 3.12. The van der Waals surface area contributed by atoms with Crippen LogP contribution in [-0.4, -0.2) is 35.0 Å². The molecule has 1 amide bonds. The summed E-state index contributed by atoms with van der Waals surface area (Å²) in [6, 6.07) is 9.95. The van der Waals surface area contributed by atoms with Crippen molar-refractivity contribution >= 4 is 35.8 Å². The van der Waals surface area contributed by atoms with Gasteiger partial charge in [0.25, 0.3) is 5.91 Å². The molecule has 1 aromatic carbocycles. The van der Waals surface area contributed by atoms with E-state index in [0.29, 0.717) is 0 Å². The summed E-state index contributed by atoms with van der Waals surface area (Å²) < 4.78 is 1.81. The summed E-state index contributed by atoms with van der Waals surface area (Å²) in [4.78, 5) is 13.0. The first-order valence-corrected chi connectivity index (χ1v) is 9.24. The molecule has 0 saturated carbocycles. The Labute approximate surface area is 153 Å². The van der Waals surface area contributed by atoms with E-state index in [1.165, 1.54) is 5.56 Å². The first-order chi connectivity index (χ1) is 11.2. The minimum atomic E-state index is -0.604. The van der Waals surface area contributed by atoms with Gasteiger partial charge in [0.15, 0.2) is 0 Å². The van der Waals surface area contributed by atoms with Crippen LogP contribution in [0.5, 0.6) is 0 Å². The van der Waals surface area contributed by atoms with Gasteiger partial charge in [0.05, 0.1) is 0 Å². The molecule has 1 aliphatic rings. The first-order valence-electron chi connectivity index (χ1n) is 7.85. The highest BCUT2D eigenvalue weighted by atomic mass is 35.5. The maximum atomic E-state index is 13.0. The number of nitrogens with zero attached hydrogens (tertiary/aromatic N) is 2. The van der Waals surface area contributed by atoms with Crippen molar-refractivity contribution in [3.05, 3.63) is 48.3 Å². The van der Waals surface area contributed by atoms with Crippen LogP contribution in [0, 0.1) is 0 Å². The van der Waals surface area contributed by atoms with Crippen LogP contribution < -0.4 is 10.6 Å². The second-order valence-corrected chi connectivity index (χ2v) is 6.68. The van der Waals surface area contributed by atoms with Crippen LogP contribution in [0.2, 0.25) is 0 Å². The number of thioether (sulfide) groups is 1. The van der Waals surface area contributed by atoms with E-state index in [1.807, 2.05) is 29.1 Å². The second-order valence-electron chi connectivity index (χ2n) is 5.82. The topological polar surface area (TPSA) is 59.0 Å². The van der Waals surface area contributed by atoms with Crippen LogP contribution in [-0.2, 0) is 16.1 Å². The van der Waals surface area contributed by atoms with Crippen LogP contribution in [0.3, 0.4) is 0 Å². The number of rotatable bonds is 5. The van der Waals surface area contributed by atoms with Gasteiger partial charge in [-0.05, 0) is 55.9 Å². The molecule has 1 saturated heterocycles. The molecule has 0 unspecified atom stereocenters. The molecule has 1 fully saturated rings. The summed E-state index contributed by atoms with van der Waals surface area (Å²) in [7, 11) is 0. The highest BCUT2D eigenvalue weighted by molar-refractivity contribution is 7.97. The molecule has 24 heavy (non-hydrogen) atoms. The number of hydrogen-bond acceptors (Lipinski definition) is 4. The Morgan fingerprint density at radius 2 is 2.04 bits per heavy atom. The Hall–Kier alpha value is -1.50. The van der Waals surface area contributed by atoms with Crippen molar-refractivity contribution in [3.8, 4) is 0 Å². The molecule has 0 atom stereocenters. The summed E-state index contributed by atoms with van der Waals surface area (Å²) >= 11 is 1.79. The predicted octanol–water partition coefficient (Wildman–Crippen LogP) is 2.89. The molecular weight excluding hydrogens is 344 g/mol. The highest BCUT2D eigenvalue weighted by Gasteiger charge is 2.41. The zero-order chi connectivity index (χ0) is 16.1. The van der Waals surface area contributed by atoms with E-state index in [1.54, 1.807) is 18.0 Å². The number of benzene rings is 1. The lowest BCUT2D eigenvalue weighted by Gasteiger charge is -2.36. The average molecular weight is 367 g/mol. The SMILES string of the molecule is CSCc1ccc(NC(=O)C2(n3cccn3)CCNCC2)cc1.Cl. The van der Waals surface area contributed by atoms with Gasteiger partial charge in [0.2, 0.25) is 0 Å². The van der Waals surface area contributed by atoms with E-state index in [-0.39, 0.29) is 18.3 Å². The van der Waals surface area contributed by atoms with Crippen molar-refractivity contribution in [1.29, 1.82) is 0 Å². The molecule has 3 rings (SSSR count). The quantitative estimate of drug-likeness (QED) is 0.854. The molecule has 5 nitrogen and oxygen atoms in total. The number of carbonyl (C=O) groups is 1. The molecule has 0 bridgehead atoms. The lowest BCUT2D eigenvalue weighted by atomic mass is 9.87. The fourth-order valence-corrected chi connectivity index (χ4v) is 3.55. The molecule has 7 heteroatoms. The van der Waals surface area contributed by atoms with Crippen LogP contribution in [0.4, 0.5) is 5.69 Å². The maximum absolute atomic E-state index is 13.0. The maximum Gasteiger partial charge on any atom is 0.252 e. The van der Waals surface area contributed by atoms with Gasteiger partial charge in [-0.2, -0.15) is 16.9 Å². The van der Waals surface area contributed by atoms with Crippen molar-refractivity contribution in [2.75, 3.05) is 24.7 Å². The van der Waals surface area contributed by atoms with Gasteiger partial charge in [0, 0.05) is 23.8 Å². The third-order valence-electron chi connectivity index (χ3n) is 4.32. The molecule has 2 heterocycles. The number of carbonyl (C=O) groups excluding carboxylic acids is 1. The summed E-state index contributed by atoms with van der Waals surface area (Å²) in [5, 5.41) is 10.7. The number of piperidine rings is 1. The van der Waals surface area contributed by atoms with E-state index < -0.39 is 5.54 Å². The summed E-state index contributed by atoms with van der Waals surface area (Å²) in [6.07, 6.45) is 7.18. The van der Waals surface area contributed by atoms with Gasteiger partial charge in [-0.25, -0.2) is 0 Å². The van der Waals surface area contributed by atoms with E-state index in [0.717, 1.165) is 37.4 Å². The number of amides is 1. The Bertz CT molecular complexity index is 639. The molecular formula is C17H23ClN4OS. The largest absolute Gasteiger partial charge is 0.324 e. The number of hydrogen-bond donors (Lipinski definition) is 2. The Morgan fingerprint density at radius 3 is 2.62 bits per heavy atom.